The van der Waals surface area contributed by atoms with Crippen LogP contribution in [0.4, 0.5) is 0 Å². The molecule has 0 bridgehead atoms. The number of ether oxygens (including phenoxy) is 1. The van der Waals surface area contributed by atoms with Gasteiger partial charge in [0, 0.05) is 30.4 Å². The van der Waals surface area contributed by atoms with Crippen molar-refractivity contribution in [1.29, 1.82) is 5.26 Å². The van der Waals surface area contributed by atoms with E-state index < -0.39 is 5.92 Å². The Hall–Kier alpha value is -3.17. The summed E-state index contributed by atoms with van der Waals surface area (Å²) in [6.07, 6.45) is 3.42. The van der Waals surface area contributed by atoms with Crippen LogP contribution in [0.15, 0.2) is 48.1 Å². The number of aromatic nitrogens is 2. The van der Waals surface area contributed by atoms with E-state index in [0.717, 1.165) is 16.5 Å². The lowest BCUT2D eigenvalue weighted by molar-refractivity contribution is 0.398. The SMILES string of the molecule is Cn1ccc2c3c(ccc21)C(c1cnc(O)c(Cl)c1)C(C#N)=C(N)O3. The Morgan fingerprint density at radius 1 is 1.40 bits per heavy atom. The van der Waals surface area contributed by atoms with Gasteiger partial charge in [0.2, 0.25) is 11.8 Å². The second-order valence-corrected chi connectivity index (χ2v) is 6.25. The molecule has 3 aromatic rings. The van der Waals surface area contributed by atoms with Crippen LogP contribution < -0.4 is 10.5 Å². The molecule has 3 N–H and O–H groups in total. The van der Waals surface area contributed by atoms with Crippen molar-refractivity contribution in [2.75, 3.05) is 0 Å². The molecule has 1 aliphatic heterocycles. The topological polar surface area (TPSA) is 97.1 Å². The average molecular weight is 353 g/mol. The first-order valence-corrected chi connectivity index (χ1v) is 7.89. The molecule has 3 heterocycles. The number of nitrogens with two attached hydrogens (primary N) is 1. The monoisotopic (exact) mass is 352 g/mol. The van der Waals surface area contributed by atoms with E-state index in [1.807, 2.05) is 36.0 Å². The number of fused-ring (bicyclic) bond motifs is 3. The fraction of sp³-hybridized carbons (Fsp3) is 0.111. The predicted molar refractivity (Wildman–Crippen MR) is 93.1 cm³/mol. The largest absolute Gasteiger partial charge is 0.492 e. The van der Waals surface area contributed by atoms with E-state index in [4.69, 9.17) is 22.1 Å². The molecule has 0 saturated carbocycles. The molecule has 1 aromatic carbocycles. The molecule has 1 aliphatic rings. The minimum absolute atomic E-state index is 0.0561. The van der Waals surface area contributed by atoms with Gasteiger partial charge in [0.1, 0.15) is 22.4 Å². The van der Waals surface area contributed by atoms with Crippen LogP contribution in [-0.2, 0) is 7.05 Å². The summed E-state index contributed by atoms with van der Waals surface area (Å²) in [6, 6.07) is 9.53. The lowest BCUT2D eigenvalue weighted by atomic mass is 9.83. The standard InChI is InChI=1S/C18H13ClN4O2/c1-23-5-4-10-14(23)3-2-11-15(9-6-13(19)18(24)22-8-9)12(7-20)17(21)25-16(10)11/h2-6,8,15H,21H2,1H3,(H,22,24). The van der Waals surface area contributed by atoms with Gasteiger partial charge in [0.15, 0.2) is 0 Å². The van der Waals surface area contributed by atoms with Crippen LogP contribution in [0.25, 0.3) is 10.9 Å². The summed E-state index contributed by atoms with van der Waals surface area (Å²) in [5.74, 6) is -0.0556. The number of pyridine rings is 1. The van der Waals surface area contributed by atoms with Gasteiger partial charge >= 0.3 is 0 Å². The fourth-order valence-corrected chi connectivity index (χ4v) is 3.39. The van der Waals surface area contributed by atoms with Crippen LogP contribution in [0, 0.1) is 11.3 Å². The summed E-state index contributed by atoms with van der Waals surface area (Å²) in [5.41, 5.74) is 8.75. The molecule has 6 nitrogen and oxygen atoms in total. The summed E-state index contributed by atoms with van der Waals surface area (Å²) >= 11 is 6.01. The molecule has 25 heavy (non-hydrogen) atoms. The van der Waals surface area contributed by atoms with Crippen molar-refractivity contribution in [2.24, 2.45) is 12.8 Å². The molecule has 0 radical (unpaired) electrons. The van der Waals surface area contributed by atoms with E-state index >= 15 is 0 Å². The number of hydrogen-bond acceptors (Lipinski definition) is 5. The van der Waals surface area contributed by atoms with Gasteiger partial charge in [0.05, 0.1) is 11.4 Å². The molecule has 0 fully saturated rings. The molecule has 2 aromatic heterocycles. The minimum atomic E-state index is -0.469. The molecule has 1 unspecified atom stereocenters. The zero-order valence-corrected chi connectivity index (χ0v) is 13.9. The number of hydrogen-bond donors (Lipinski definition) is 2. The summed E-state index contributed by atoms with van der Waals surface area (Å²) in [4.78, 5) is 3.89. The maximum atomic E-state index is 9.59. The highest BCUT2D eigenvalue weighted by Gasteiger charge is 2.32. The van der Waals surface area contributed by atoms with Crippen molar-refractivity contribution in [2.45, 2.75) is 5.92 Å². The second kappa shape index (κ2) is 5.43. The minimum Gasteiger partial charge on any atom is -0.492 e. The van der Waals surface area contributed by atoms with Crippen LogP contribution >= 0.6 is 11.6 Å². The quantitative estimate of drug-likeness (QED) is 0.701. The molecule has 7 heteroatoms. The average Bonchev–Trinajstić information content (AvgIpc) is 2.98. The van der Waals surface area contributed by atoms with E-state index in [1.54, 1.807) is 6.07 Å². The van der Waals surface area contributed by atoms with E-state index in [0.29, 0.717) is 11.3 Å². The first-order chi connectivity index (χ1) is 12.0. The second-order valence-electron chi connectivity index (χ2n) is 5.84. The van der Waals surface area contributed by atoms with E-state index in [-0.39, 0.29) is 22.4 Å². The van der Waals surface area contributed by atoms with Gasteiger partial charge < -0.3 is 20.1 Å². The Kier molecular flexibility index (Phi) is 3.34. The van der Waals surface area contributed by atoms with Crippen LogP contribution in [0.1, 0.15) is 17.0 Å². The fourth-order valence-electron chi connectivity index (χ4n) is 3.21. The molecule has 4 rings (SSSR count). The van der Waals surface area contributed by atoms with Gasteiger partial charge in [-0.15, -0.1) is 0 Å². The lowest BCUT2D eigenvalue weighted by Gasteiger charge is -2.27. The number of allylic oxidation sites excluding steroid dienone is 1. The van der Waals surface area contributed by atoms with Gasteiger partial charge in [-0.3, -0.25) is 0 Å². The Morgan fingerprint density at radius 3 is 2.92 bits per heavy atom. The van der Waals surface area contributed by atoms with Crippen molar-refractivity contribution in [3.8, 4) is 17.7 Å². The van der Waals surface area contributed by atoms with Crippen LogP contribution in [0.3, 0.4) is 0 Å². The highest BCUT2D eigenvalue weighted by atomic mass is 35.5. The zero-order valence-electron chi connectivity index (χ0n) is 13.2. The van der Waals surface area contributed by atoms with Crippen LogP contribution in [-0.4, -0.2) is 14.7 Å². The van der Waals surface area contributed by atoms with Gasteiger partial charge in [-0.1, -0.05) is 17.7 Å². The third-order valence-corrected chi connectivity index (χ3v) is 4.70. The smallest absolute Gasteiger partial charge is 0.230 e. The zero-order chi connectivity index (χ0) is 17.7. The highest BCUT2D eigenvalue weighted by Crippen LogP contribution is 2.45. The maximum Gasteiger partial charge on any atom is 0.230 e. The van der Waals surface area contributed by atoms with E-state index in [9.17, 15) is 10.4 Å². The van der Waals surface area contributed by atoms with Crippen molar-refractivity contribution >= 4 is 22.5 Å². The van der Waals surface area contributed by atoms with Gasteiger partial charge in [-0.05, 0) is 23.8 Å². The summed E-state index contributed by atoms with van der Waals surface area (Å²) in [6.45, 7) is 0. The molecule has 124 valence electrons. The number of benzene rings is 1. The normalized spacial score (nSPS) is 16.4. The van der Waals surface area contributed by atoms with Gasteiger partial charge in [0.25, 0.3) is 0 Å². The van der Waals surface area contributed by atoms with Crippen LogP contribution in [0.5, 0.6) is 11.6 Å². The summed E-state index contributed by atoms with van der Waals surface area (Å²) in [7, 11) is 1.94. The summed E-state index contributed by atoms with van der Waals surface area (Å²) < 4.78 is 7.77. The predicted octanol–water partition coefficient (Wildman–Crippen LogP) is 3.15. The highest BCUT2D eigenvalue weighted by molar-refractivity contribution is 6.31. The molecule has 0 saturated heterocycles. The Morgan fingerprint density at radius 2 is 2.20 bits per heavy atom. The van der Waals surface area contributed by atoms with Crippen molar-refractivity contribution in [3.05, 3.63) is 64.3 Å². The maximum absolute atomic E-state index is 9.59. The van der Waals surface area contributed by atoms with Crippen LogP contribution in [0.2, 0.25) is 5.02 Å². The first kappa shape index (κ1) is 15.4. The number of nitriles is 1. The van der Waals surface area contributed by atoms with Gasteiger partial charge in [-0.2, -0.15) is 5.26 Å². The molecular formula is C18H13ClN4O2. The van der Waals surface area contributed by atoms with E-state index in [1.165, 1.54) is 6.20 Å². The number of nitrogens with zero attached hydrogens (tertiary/aromatic N) is 3. The number of rotatable bonds is 1. The third kappa shape index (κ3) is 2.21. The van der Waals surface area contributed by atoms with E-state index in [2.05, 4.69) is 11.1 Å². The first-order valence-electron chi connectivity index (χ1n) is 7.51. The van der Waals surface area contributed by atoms with Crippen molar-refractivity contribution in [1.82, 2.24) is 9.55 Å². The Balaban J connectivity index is 2.01. The lowest BCUT2D eigenvalue weighted by Crippen LogP contribution is -2.21. The Labute approximate surface area is 148 Å². The van der Waals surface area contributed by atoms with Crippen molar-refractivity contribution in [3.63, 3.8) is 0 Å². The summed E-state index contributed by atoms with van der Waals surface area (Å²) in [5, 5.41) is 20.2. The molecule has 0 amide bonds. The number of halogens is 1. The Bertz CT molecular complexity index is 1090. The molecular weight excluding hydrogens is 340 g/mol. The van der Waals surface area contributed by atoms with Crippen molar-refractivity contribution < 1.29 is 9.84 Å². The van der Waals surface area contributed by atoms with Gasteiger partial charge in [-0.25, -0.2) is 4.98 Å². The molecule has 0 aliphatic carbocycles. The molecule has 0 spiro atoms. The molecule has 1 atom stereocenters. The number of aromatic hydroxyl groups is 1. The third-order valence-electron chi connectivity index (χ3n) is 4.42. The number of aryl methyl sites for hydroxylation is 1.